The van der Waals surface area contributed by atoms with E-state index < -0.39 is 0 Å². The molecule has 0 aliphatic heterocycles. The topological polar surface area (TPSA) is 49.3 Å². The molecule has 0 aliphatic carbocycles. The molecule has 5 heteroatoms. The molecule has 0 saturated heterocycles. The Morgan fingerprint density at radius 1 is 1.53 bits per heavy atom. The minimum Gasteiger partial charge on any atom is -0.507 e. The fourth-order valence-electron chi connectivity index (χ4n) is 1.22. The van der Waals surface area contributed by atoms with Crippen LogP contribution >= 0.6 is 38.5 Å². The molecule has 1 amide bonds. The van der Waals surface area contributed by atoms with E-state index in [-0.39, 0.29) is 17.7 Å². The minimum absolute atomic E-state index is 0.0864. The summed E-state index contributed by atoms with van der Waals surface area (Å²) in [7, 11) is 0. The minimum atomic E-state index is -0.156. The average molecular weight is 412 g/mol. The SMILES string of the molecule is CC(CBr)C(C)NC(=O)c1ccc(I)c(O)c1. The third-order valence-corrected chi connectivity index (χ3v) is 4.60. The third-order valence-electron chi connectivity index (χ3n) is 2.66. The summed E-state index contributed by atoms with van der Waals surface area (Å²) >= 11 is 5.41. The zero-order chi connectivity index (χ0) is 13.0. The van der Waals surface area contributed by atoms with Crippen molar-refractivity contribution in [2.24, 2.45) is 5.92 Å². The molecule has 0 saturated carbocycles. The van der Waals surface area contributed by atoms with Gasteiger partial charge in [0.1, 0.15) is 5.75 Å². The van der Waals surface area contributed by atoms with E-state index in [1.54, 1.807) is 12.1 Å². The number of nitrogens with one attached hydrogen (secondary N) is 1. The quantitative estimate of drug-likeness (QED) is 0.590. The van der Waals surface area contributed by atoms with Crippen LogP contribution in [0.5, 0.6) is 5.75 Å². The Morgan fingerprint density at radius 3 is 2.71 bits per heavy atom. The number of phenols is 1. The number of hydrogen-bond acceptors (Lipinski definition) is 2. The van der Waals surface area contributed by atoms with Gasteiger partial charge in [-0.05, 0) is 53.6 Å². The van der Waals surface area contributed by atoms with Gasteiger partial charge in [0.15, 0.2) is 0 Å². The number of hydrogen-bond donors (Lipinski definition) is 2. The summed E-state index contributed by atoms with van der Waals surface area (Å²) in [5.41, 5.74) is 0.483. The van der Waals surface area contributed by atoms with Crippen LogP contribution in [0.4, 0.5) is 0 Å². The van der Waals surface area contributed by atoms with E-state index in [1.165, 1.54) is 6.07 Å². The van der Waals surface area contributed by atoms with Gasteiger partial charge < -0.3 is 10.4 Å². The first-order valence-corrected chi connectivity index (χ1v) is 7.51. The van der Waals surface area contributed by atoms with Gasteiger partial charge >= 0.3 is 0 Å². The highest BCUT2D eigenvalue weighted by Gasteiger charge is 2.15. The summed E-state index contributed by atoms with van der Waals surface area (Å²) in [5, 5.41) is 13.3. The van der Waals surface area contributed by atoms with E-state index in [0.717, 1.165) is 8.90 Å². The fourth-order valence-corrected chi connectivity index (χ4v) is 2.12. The number of amides is 1. The highest BCUT2D eigenvalue weighted by molar-refractivity contribution is 14.1. The van der Waals surface area contributed by atoms with Crippen molar-refractivity contribution >= 4 is 44.4 Å². The van der Waals surface area contributed by atoms with Crippen LogP contribution in [-0.2, 0) is 0 Å². The van der Waals surface area contributed by atoms with Crippen molar-refractivity contribution in [1.29, 1.82) is 0 Å². The van der Waals surface area contributed by atoms with Crippen LogP contribution in [-0.4, -0.2) is 22.4 Å². The molecule has 2 unspecified atom stereocenters. The second kappa shape index (κ2) is 6.58. The van der Waals surface area contributed by atoms with Crippen molar-refractivity contribution in [3.63, 3.8) is 0 Å². The molecule has 1 aromatic carbocycles. The number of halogens is 2. The third kappa shape index (κ3) is 4.13. The fraction of sp³-hybridized carbons (Fsp3) is 0.417. The Kier molecular flexibility index (Phi) is 5.72. The van der Waals surface area contributed by atoms with Gasteiger partial charge in [0.2, 0.25) is 0 Å². The molecular weight excluding hydrogens is 397 g/mol. The van der Waals surface area contributed by atoms with Crippen molar-refractivity contribution in [1.82, 2.24) is 5.32 Å². The van der Waals surface area contributed by atoms with Crippen molar-refractivity contribution in [2.45, 2.75) is 19.9 Å². The predicted octanol–water partition coefficient (Wildman–Crippen LogP) is 3.15. The molecule has 0 fully saturated rings. The van der Waals surface area contributed by atoms with Crippen molar-refractivity contribution in [3.8, 4) is 5.75 Å². The maximum absolute atomic E-state index is 11.9. The lowest BCUT2D eigenvalue weighted by Crippen LogP contribution is -2.37. The van der Waals surface area contributed by atoms with E-state index >= 15 is 0 Å². The molecule has 0 aromatic heterocycles. The predicted molar refractivity (Wildman–Crippen MR) is 80.7 cm³/mol. The molecule has 17 heavy (non-hydrogen) atoms. The molecule has 0 radical (unpaired) electrons. The van der Waals surface area contributed by atoms with Crippen LogP contribution in [0.15, 0.2) is 18.2 Å². The number of aromatic hydroxyl groups is 1. The van der Waals surface area contributed by atoms with Crippen LogP contribution < -0.4 is 5.32 Å². The first-order valence-electron chi connectivity index (χ1n) is 5.31. The first-order chi connectivity index (χ1) is 7.95. The maximum atomic E-state index is 11.9. The number of alkyl halides is 1. The van der Waals surface area contributed by atoms with E-state index in [0.29, 0.717) is 11.5 Å². The molecule has 2 N–H and O–H groups in total. The van der Waals surface area contributed by atoms with E-state index in [9.17, 15) is 9.90 Å². The van der Waals surface area contributed by atoms with Gasteiger partial charge in [-0.3, -0.25) is 4.79 Å². The van der Waals surface area contributed by atoms with Crippen LogP contribution in [0.3, 0.4) is 0 Å². The molecule has 2 atom stereocenters. The zero-order valence-electron chi connectivity index (χ0n) is 9.71. The van der Waals surface area contributed by atoms with Gasteiger partial charge in [-0.1, -0.05) is 22.9 Å². The second-order valence-corrected chi connectivity index (χ2v) is 5.87. The Morgan fingerprint density at radius 2 is 2.18 bits per heavy atom. The van der Waals surface area contributed by atoms with Crippen LogP contribution in [0.1, 0.15) is 24.2 Å². The highest BCUT2D eigenvalue weighted by Crippen LogP contribution is 2.20. The molecule has 94 valence electrons. The first kappa shape index (κ1) is 14.8. The summed E-state index contributed by atoms with van der Waals surface area (Å²) in [5.74, 6) is 0.341. The average Bonchev–Trinajstić information content (AvgIpc) is 2.31. The van der Waals surface area contributed by atoms with Gasteiger partial charge in [-0.15, -0.1) is 0 Å². The molecule has 0 aliphatic rings. The lowest BCUT2D eigenvalue weighted by Gasteiger charge is -2.19. The Labute approximate surface area is 123 Å². The number of carbonyl (C=O) groups is 1. The smallest absolute Gasteiger partial charge is 0.251 e. The summed E-state index contributed by atoms with van der Waals surface area (Å²) in [4.78, 5) is 11.9. The molecule has 1 aromatic rings. The van der Waals surface area contributed by atoms with Gasteiger partial charge in [0, 0.05) is 16.9 Å². The molecule has 1 rings (SSSR count). The normalized spacial score (nSPS) is 14.1. The monoisotopic (exact) mass is 411 g/mol. The van der Waals surface area contributed by atoms with Crippen molar-refractivity contribution in [3.05, 3.63) is 27.3 Å². The van der Waals surface area contributed by atoms with Crippen LogP contribution in [0.2, 0.25) is 0 Å². The van der Waals surface area contributed by atoms with Gasteiger partial charge in [-0.2, -0.15) is 0 Å². The summed E-state index contributed by atoms with van der Waals surface area (Å²) in [6.07, 6.45) is 0. The van der Waals surface area contributed by atoms with Crippen LogP contribution in [0.25, 0.3) is 0 Å². The molecule has 0 bridgehead atoms. The molecule has 3 nitrogen and oxygen atoms in total. The molecule has 0 heterocycles. The number of benzene rings is 1. The van der Waals surface area contributed by atoms with E-state index in [4.69, 9.17) is 0 Å². The van der Waals surface area contributed by atoms with Crippen LogP contribution in [0, 0.1) is 9.49 Å². The zero-order valence-corrected chi connectivity index (χ0v) is 13.4. The number of carbonyl (C=O) groups excluding carboxylic acids is 1. The van der Waals surface area contributed by atoms with E-state index in [2.05, 4.69) is 28.2 Å². The van der Waals surface area contributed by atoms with Gasteiger partial charge in [0.05, 0.1) is 3.57 Å². The molecule has 0 spiro atoms. The van der Waals surface area contributed by atoms with Crippen molar-refractivity contribution < 1.29 is 9.90 Å². The Hall–Kier alpha value is -0.300. The largest absolute Gasteiger partial charge is 0.507 e. The second-order valence-electron chi connectivity index (χ2n) is 4.06. The highest BCUT2D eigenvalue weighted by atomic mass is 127. The number of rotatable bonds is 4. The van der Waals surface area contributed by atoms with Gasteiger partial charge in [-0.25, -0.2) is 0 Å². The number of phenolic OH excluding ortho intramolecular Hbond substituents is 1. The molecular formula is C12H15BrINO2. The summed E-state index contributed by atoms with van der Waals surface area (Å²) < 4.78 is 0.737. The van der Waals surface area contributed by atoms with Crippen molar-refractivity contribution in [2.75, 3.05) is 5.33 Å². The maximum Gasteiger partial charge on any atom is 0.251 e. The standard InChI is InChI=1S/C12H15BrINO2/c1-7(6-13)8(2)15-12(17)9-3-4-10(14)11(16)5-9/h3-5,7-8,16H,6H2,1-2H3,(H,15,17). The summed E-state index contributed by atoms with van der Waals surface area (Å²) in [6, 6.07) is 5.01. The van der Waals surface area contributed by atoms with Gasteiger partial charge in [0.25, 0.3) is 5.91 Å². The Balaban J connectivity index is 2.73. The lowest BCUT2D eigenvalue weighted by atomic mass is 10.1. The van der Waals surface area contributed by atoms with E-state index in [1.807, 2.05) is 29.5 Å². The Bertz CT molecular complexity index is 411. The lowest BCUT2D eigenvalue weighted by molar-refractivity contribution is 0.0930. The summed E-state index contributed by atoms with van der Waals surface area (Å²) in [6.45, 7) is 4.03.